The molecule has 7 nitrogen and oxygen atoms in total. The molecule has 0 saturated carbocycles. The van der Waals surface area contributed by atoms with Gasteiger partial charge in [0.15, 0.2) is 0 Å². The van der Waals surface area contributed by atoms with E-state index in [0.717, 1.165) is 10.0 Å². The quantitative estimate of drug-likeness (QED) is 0.400. The van der Waals surface area contributed by atoms with Crippen molar-refractivity contribution in [1.82, 2.24) is 9.78 Å². The Bertz CT molecular complexity index is 1070. The van der Waals surface area contributed by atoms with Gasteiger partial charge in [-0.15, -0.1) is 0 Å². The van der Waals surface area contributed by atoms with Gasteiger partial charge in [-0.25, -0.2) is 0 Å². The standard InChI is InChI=1S/C20H17BrN4O3/c1-13(2)28-17-8-14(11-22)7-15(9-17)12-24-6-5-19(23-24)18-10-16(21)3-4-20(18)25(26)27/h3-10,13H,12H2,1-2H3. The van der Waals surface area contributed by atoms with Crippen LogP contribution in [-0.4, -0.2) is 20.8 Å². The summed E-state index contributed by atoms with van der Waals surface area (Å²) < 4.78 is 8.12. The van der Waals surface area contributed by atoms with Crippen LogP contribution in [0, 0.1) is 21.4 Å². The third-order valence-electron chi connectivity index (χ3n) is 3.88. The molecule has 0 spiro atoms. The highest BCUT2D eigenvalue weighted by Crippen LogP contribution is 2.31. The Morgan fingerprint density at radius 2 is 2.07 bits per heavy atom. The maximum Gasteiger partial charge on any atom is 0.278 e. The van der Waals surface area contributed by atoms with Crippen LogP contribution >= 0.6 is 15.9 Å². The minimum absolute atomic E-state index is 0.00447. The highest BCUT2D eigenvalue weighted by Gasteiger charge is 2.17. The largest absolute Gasteiger partial charge is 0.491 e. The number of nitriles is 1. The number of nitro groups is 1. The molecule has 1 heterocycles. The van der Waals surface area contributed by atoms with E-state index < -0.39 is 4.92 Å². The molecular weight excluding hydrogens is 424 g/mol. The lowest BCUT2D eigenvalue weighted by molar-refractivity contribution is -0.384. The smallest absolute Gasteiger partial charge is 0.278 e. The van der Waals surface area contributed by atoms with Crippen LogP contribution in [-0.2, 0) is 6.54 Å². The van der Waals surface area contributed by atoms with Gasteiger partial charge in [0.05, 0.1) is 40.5 Å². The van der Waals surface area contributed by atoms with E-state index in [1.54, 1.807) is 41.2 Å². The molecule has 0 fully saturated rings. The van der Waals surface area contributed by atoms with Gasteiger partial charge in [-0.2, -0.15) is 10.4 Å². The van der Waals surface area contributed by atoms with Gasteiger partial charge in [0.1, 0.15) is 5.75 Å². The summed E-state index contributed by atoms with van der Waals surface area (Å²) in [6, 6.07) is 14.0. The van der Waals surface area contributed by atoms with Crippen LogP contribution in [0.4, 0.5) is 5.69 Å². The number of hydrogen-bond acceptors (Lipinski definition) is 5. The van der Waals surface area contributed by atoms with E-state index in [9.17, 15) is 15.4 Å². The molecule has 0 N–H and O–H groups in total. The third kappa shape index (κ3) is 4.56. The molecule has 8 heteroatoms. The lowest BCUT2D eigenvalue weighted by Crippen LogP contribution is -2.07. The molecule has 1 aromatic heterocycles. The average molecular weight is 441 g/mol. The van der Waals surface area contributed by atoms with E-state index in [-0.39, 0.29) is 11.8 Å². The zero-order chi connectivity index (χ0) is 20.3. The SMILES string of the molecule is CC(C)Oc1cc(C#N)cc(Cn2ccc(-c3cc(Br)ccc3[N+](=O)[O-])n2)c1. The molecule has 0 atom stereocenters. The predicted molar refractivity (Wildman–Crippen MR) is 108 cm³/mol. The third-order valence-corrected chi connectivity index (χ3v) is 4.38. The molecule has 0 unspecified atom stereocenters. The van der Waals surface area contributed by atoms with Crippen LogP contribution in [0.3, 0.4) is 0 Å². The Labute approximate surface area is 170 Å². The highest BCUT2D eigenvalue weighted by molar-refractivity contribution is 9.10. The van der Waals surface area contributed by atoms with Crippen LogP contribution in [0.25, 0.3) is 11.3 Å². The molecular formula is C20H17BrN4O3. The Kier molecular flexibility index (Phi) is 5.76. The summed E-state index contributed by atoms with van der Waals surface area (Å²) in [6.07, 6.45) is 1.75. The molecule has 3 rings (SSSR count). The zero-order valence-corrected chi connectivity index (χ0v) is 16.9. The molecule has 3 aromatic rings. The topological polar surface area (TPSA) is 94.0 Å². The number of aromatic nitrogens is 2. The van der Waals surface area contributed by atoms with Crippen LogP contribution in [0.5, 0.6) is 5.75 Å². The molecule has 142 valence electrons. The van der Waals surface area contributed by atoms with Gasteiger partial charge in [-0.05, 0) is 55.8 Å². The first kappa shape index (κ1) is 19.6. The van der Waals surface area contributed by atoms with Gasteiger partial charge < -0.3 is 4.74 Å². The Morgan fingerprint density at radius 3 is 2.75 bits per heavy atom. The number of ether oxygens (including phenoxy) is 1. The summed E-state index contributed by atoms with van der Waals surface area (Å²) in [5, 5.41) is 25.0. The number of hydrogen-bond donors (Lipinski definition) is 0. The van der Waals surface area contributed by atoms with Crippen LogP contribution in [0.2, 0.25) is 0 Å². The first-order chi connectivity index (χ1) is 13.4. The molecule has 0 aliphatic carbocycles. The lowest BCUT2D eigenvalue weighted by atomic mass is 10.1. The zero-order valence-electron chi connectivity index (χ0n) is 15.3. The van der Waals surface area contributed by atoms with Crippen LogP contribution < -0.4 is 4.74 Å². The van der Waals surface area contributed by atoms with E-state index in [2.05, 4.69) is 27.1 Å². The molecule has 28 heavy (non-hydrogen) atoms. The number of benzene rings is 2. The fourth-order valence-electron chi connectivity index (χ4n) is 2.81. The molecule has 0 radical (unpaired) electrons. The maximum atomic E-state index is 11.3. The maximum absolute atomic E-state index is 11.3. The van der Waals surface area contributed by atoms with Gasteiger partial charge in [-0.3, -0.25) is 14.8 Å². The summed E-state index contributed by atoms with van der Waals surface area (Å²) in [7, 11) is 0. The van der Waals surface area contributed by atoms with Crippen molar-refractivity contribution in [2.75, 3.05) is 0 Å². The number of nitro benzene ring substituents is 1. The summed E-state index contributed by atoms with van der Waals surface area (Å²) in [4.78, 5) is 10.9. The molecule has 0 bridgehead atoms. The minimum atomic E-state index is -0.424. The summed E-state index contributed by atoms with van der Waals surface area (Å²) in [5.41, 5.74) is 2.29. The van der Waals surface area contributed by atoms with Crippen LogP contribution in [0.15, 0.2) is 53.1 Å². The first-order valence-electron chi connectivity index (χ1n) is 8.54. The summed E-state index contributed by atoms with van der Waals surface area (Å²) in [5.74, 6) is 0.624. The van der Waals surface area contributed by atoms with Crippen molar-refractivity contribution in [2.24, 2.45) is 0 Å². The molecule has 0 amide bonds. The second-order valence-electron chi connectivity index (χ2n) is 6.46. The number of halogens is 1. The molecule has 0 aliphatic rings. The Morgan fingerprint density at radius 1 is 1.29 bits per heavy atom. The van der Waals surface area contributed by atoms with E-state index in [4.69, 9.17) is 4.74 Å². The van der Waals surface area contributed by atoms with E-state index in [1.807, 2.05) is 19.9 Å². The van der Waals surface area contributed by atoms with Crippen molar-refractivity contribution in [2.45, 2.75) is 26.5 Å². The number of rotatable bonds is 6. The molecule has 0 saturated heterocycles. The van der Waals surface area contributed by atoms with Gasteiger partial charge in [0.25, 0.3) is 5.69 Å². The van der Waals surface area contributed by atoms with Crippen molar-refractivity contribution in [3.63, 3.8) is 0 Å². The summed E-state index contributed by atoms with van der Waals surface area (Å²) >= 11 is 3.34. The van der Waals surface area contributed by atoms with Crippen LogP contribution in [0.1, 0.15) is 25.0 Å². The average Bonchev–Trinajstić information content (AvgIpc) is 3.08. The van der Waals surface area contributed by atoms with E-state index in [1.165, 1.54) is 6.07 Å². The van der Waals surface area contributed by atoms with Gasteiger partial charge >= 0.3 is 0 Å². The second-order valence-corrected chi connectivity index (χ2v) is 7.38. The lowest BCUT2D eigenvalue weighted by Gasteiger charge is -2.12. The van der Waals surface area contributed by atoms with Crippen molar-refractivity contribution in [3.8, 4) is 23.1 Å². The molecule has 0 aliphatic heterocycles. The fraction of sp³-hybridized carbons (Fsp3) is 0.200. The van der Waals surface area contributed by atoms with Crippen molar-refractivity contribution in [1.29, 1.82) is 5.26 Å². The van der Waals surface area contributed by atoms with Gasteiger partial charge in [0, 0.05) is 16.7 Å². The normalized spacial score (nSPS) is 10.7. The number of nitrogens with zero attached hydrogens (tertiary/aromatic N) is 4. The van der Waals surface area contributed by atoms with E-state index >= 15 is 0 Å². The molecule has 2 aromatic carbocycles. The Balaban J connectivity index is 1.91. The van der Waals surface area contributed by atoms with Crippen molar-refractivity contribution >= 4 is 21.6 Å². The second kappa shape index (κ2) is 8.23. The summed E-state index contributed by atoms with van der Waals surface area (Å²) in [6.45, 7) is 4.25. The fourth-order valence-corrected chi connectivity index (χ4v) is 3.17. The predicted octanol–water partition coefficient (Wildman–Crippen LogP) is 4.93. The minimum Gasteiger partial charge on any atom is -0.491 e. The van der Waals surface area contributed by atoms with Crippen molar-refractivity contribution in [3.05, 3.63) is 74.4 Å². The van der Waals surface area contributed by atoms with E-state index in [0.29, 0.717) is 29.1 Å². The first-order valence-corrected chi connectivity index (χ1v) is 9.33. The van der Waals surface area contributed by atoms with Gasteiger partial charge in [0.2, 0.25) is 0 Å². The highest BCUT2D eigenvalue weighted by atomic mass is 79.9. The Hall–Kier alpha value is -3.18. The van der Waals surface area contributed by atoms with Crippen molar-refractivity contribution < 1.29 is 9.66 Å². The van der Waals surface area contributed by atoms with Gasteiger partial charge in [-0.1, -0.05) is 15.9 Å². The monoisotopic (exact) mass is 440 g/mol.